The van der Waals surface area contributed by atoms with Gasteiger partial charge >= 0.3 is 5.97 Å². The molecule has 4 atom stereocenters. The molecular formula is C25H29NO5. The van der Waals surface area contributed by atoms with Crippen LogP contribution < -0.4 is 0 Å². The molecule has 31 heavy (non-hydrogen) atoms. The maximum absolute atomic E-state index is 13.0. The first-order chi connectivity index (χ1) is 14.9. The number of carbonyl (C=O) groups is 4. The summed E-state index contributed by atoms with van der Waals surface area (Å²) in [6.07, 6.45) is 5.65. The van der Waals surface area contributed by atoms with Crippen molar-refractivity contribution in [1.29, 1.82) is 0 Å². The quantitative estimate of drug-likeness (QED) is 0.412. The van der Waals surface area contributed by atoms with Crippen molar-refractivity contribution in [2.75, 3.05) is 6.61 Å². The van der Waals surface area contributed by atoms with E-state index in [1.807, 2.05) is 19.1 Å². The molecule has 1 aliphatic heterocycles. The van der Waals surface area contributed by atoms with Crippen molar-refractivity contribution in [2.24, 2.45) is 29.6 Å². The highest BCUT2D eigenvalue weighted by molar-refractivity contribution is 6.06. The molecule has 2 amide bonds. The molecule has 0 N–H and O–H groups in total. The van der Waals surface area contributed by atoms with Crippen LogP contribution in [0.1, 0.15) is 60.9 Å². The van der Waals surface area contributed by atoms with Crippen LogP contribution >= 0.6 is 0 Å². The van der Waals surface area contributed by atoms with Gasteiger partial charge in [-0.15, -0.1) is 0 Å². The average Bonchev–Trinajstić information content (AvgIpc) is 3.46. The molecule has 1 aromatic carbocycles. The molecule has 3 aliphatic carbocycles. The predicted molar refractivity (Wildman–Crippen MR) is 112 cm³/mol. The van der Waals surface area contributed by atoms with Gasteiger partial charge in [-0.2, -0.15) is 0 Å². The second kappa shape index (κ2) is 7.88. The molecule has 5 rings (SSSR count). The molecule has 2 bridgehead atoms. The lowest BCUT2D eigenvalue weighted by Crippen LogP contribution is -2.44. The van der Waals surface area contributed by atoms with E-state index in [9.17, 15) is 19.2 Å². The van der Waals surface area contributed by atoms with Gasteiger partial charge in [0.2, 0.25) is 11.8 Å². The molecule has 1 aromatic rings. The van der Waals surface area contributed by atoms with Gasteiger partial charge in [0.1, 0.15) is 0 Å². The summed E-state index contributed by atoms with van der Waals surface area (Å²) in [6, 6.07) is 7.10. The van der Waals surface area contributed by atoms with Gasteiger partial charge in [0.25, 0.3) is 0 Å². The summed E-state index contributed by atoms with van der Waals surface area (Å²) in [5.74, 6) is -0.130. The molecular weight excluding hydrogens is 394 g/mol. The number of ether oxygens (including phenoxy) is 1. The second-order valence-electron chi connectivity index (χ2n) is 9.83. The monoisotopic (exact) mass is 423 g/mol. The number of benzene rings is 1. The molecule has 0 aromatic heterocycles. The number of amides is 2. The molecule has 0 radical (unpaired) electrons. The summed E-state index contributed by atoms with van der Waals surface area (Å²) >= 11 is 0. The number of aryl methyl sites for hydroxylation is 1. The Morgan fingerprint density at radius 3 is 2.06 bits per heavy atom. The first kappa shape index (κ1) is 20.4. The maximum Gasteiger partial charge on any atom is 0.309 e. The van der Waals surface area contributed by atoms with Crippen molar-refractivity contribution < 1.29 is 23.9 Å². The zero-order chi connectivity index (χ0) is 21.7. The van der Waals surface area contributed by atoms with Crippen LogP contribution in [0.3, 0.4) is 0 Å². The minimum atomic E-state index is -0.354. The molecule has 4 fully saturated rings. The van der Waals surface area contributed by atoms with Crippen molar-refractivity contribution in [3.8, 4) is 0 Å². The Labute approximate surface area is 182 Å². The second-order valence-corrected chi connectivity index (χ2v) is 9.83. The Morgan fingerprint density at radius 2 is 1.48 bits per heavy atom. The minimum Gasteiger partial charge on any atom is -0.457 e. The van der Waals surface area contributed by atoms with E-state index in [1.54, 1.807) is 17.0 Å². The highest BCUT2D eigenvalue weighted by atomic mass is 16.5. The largest absolute Gasteiger partial charge is 0.457 e. The number of fused-ring (bicyclic) bond motifs is 5. The summed E-state index contributed by atoms with van der Waals surface area (Å²) in [6.45, 7) is 1.70. The van der Waals surface area contributed by atoms with Gasteiger partial charge in [0, 0.05) is 11.6 Å². The van der Waals surface area contributed by atoms with Crippen molar-refractivity contribution in [3.63, 3.8) is 0 Å². The Morgan fingerprint density at radius 1 is 0.903 bits per heavy atom. The third kappa shape index (κ3) is 3.50. The minimum absolute atomic E-state index is 0.0388. The zero-order valence-corrected chi connectivity index (χ0v) is 17.9. The van der Waals surface area contributed by atoms with E-state index in [4.69, 9.17) is 4.74 Å². The number of esters is 1. The van der Waals surface area contributed by atoms with E-state index in [2.05, 4.69) is 0 Å². The van der Waals surface area contributed by atoms with Crippen LogP contribution in [0.4, 0.5) is 0 Å². The standard InChI is InChI=1S/C25H29NO5/c1-14-2-4-15(5-3-14)20(27)13-31-25(30)16-8-10-19(11-9-16)26-23(28)21-17-6-7-18(12-17)22(21)24(26)29/h2-5,16-19,21-22H,6-13H2,1H3/t16?,17-,18-,19?,21-,22+/m0/s1. The Balaban J connectivity index is 1.13. The van der Waals surface area contributed by atoms with E-state index < -0.39 is 0 Å². The van der Waals surface area contributed by atoms with Gasteiger partial charge in [0.05, 0.1) is 17.8 Å². The van der Waals surface area contributed by atoms with Gasteiger partial charge in [0.15, 0.2) is 12.4 Å². The summed E-state index contributed by atoms with van der Waals surface area (Å²) < 4.78 is 5.29. The summed E-state index contributed by atoms with van der Waals surface area (Å²) in [5, 5.41) is 0. The molecule has 164 valence electrons. The molecule has 0 unspecified atom stereocenters. The molecule has 6 nitrogen and oxygen atoms in total. The third-order valence-electron chi connectivity index (χ3n) is 8.08. The summed E-state index contributed by atoms with van der Waals surface area (Å²) in [7, 11) is 0. The van der Waals surface area contributed by atoms with Gasteiger partial charge in [-0.3, -0.25) is 24.1 Å². The van der Waals surface area contributed by atoms with E-state index in [0.717, 1.165) is 24.8 Å². The predicted octanol–water partition coefficient (Wildman–Crippen LogP) is 3.31. The number of hydrogen-bond donors (Lipinski definition) is 0. The Hall–Kier alpha value is -2.50. The van der Waals surface area contributed by atoms with Gasteiger partial charge in [-0.25, -0.2) is 0 Å². The van der Waals surface area contributed by atoms with Gasteiger partial charge < -0.3 is 4.74 Å². The Kier molecular flexibility index (Phi) is 5.19. The van der Waals surface area contributed by atoms with Crippen LogP contribution in [-0.4, -0.2) is 41.1 Å². The molecule has 1 heterocycles. The lowest BCUT2D eigenvalue weighted by Gasteiger charge is -2.33. The third-order valence-corrected chi connectivity index (χ3v) is 8.08. The van der Waals surface area contributed by atoms with Crippen molar-refractivity contribution >= 4 is 23.6 Å². The topological polar surface area (TPSA) is 80.8 Å². The highest BCUT2D eigenvalue weighted by Gasteiger charge is 2.61. The van der Waals surface area contributed by atoms with E-state index in [1.165, 1.54) is 0 Å². The molecule has 1 saturated heterocycles. The average molecular weight is 424 g/mol. The van der Waals surface area contributed by atoms with E-state index >= 15 is 0 Å². The van der Waals surface area contributed by atoms with Crippen LogP contribution in [0, 0.1) is 36.5 Å². The van der Waals surface area contributed by atoms with Crippen LogP contribution in [0.5, 0.6) is 0 Å². The number of hydrogen-bond acceptors (Lipinski definition) is 5. The van der Waals surface area contributed by atoms with Gasteiger partial charge in [-0.1, -0.05) is 29.8 Å². The van der Waals surface area contributed by atoms with Crippen molar-refractivity contribution in [3.05, 3.63) is 35.4 Å². The number of carbonyl (C=O) groups excluding carboxylic acids is 4. The van der Waals surface area contributed by atoms with Crippen molar-refractivity contribution in [1.82, 2.24) is 4.90 Å². The lowest BCUT2D eigenvalue weighted by atomic mass is 9.81. The van der Waals surface area contributed by atoms with Gasteiger partial charge in [-0.05, 0) is 63.7 Å². The van der Waals surface area contributed by atoms with Crippen molar-refractivity contribution in [2.45, 2.75) is 57.9 Å². The Bertz CT molecular complexity index is 886. The van der Waals surface area contributed by atoms with Crippen LogP contribution in [-0.2, 0) is 19.1 Å². The first-order valence-corrected chi connectivity index (χ1v) is 11.6. The number of imide groups is 1. The highest BCUT2D eigenvalue weighted by Crippen LogP contribution is 2.56. The zero-order valence-electron chi connectivity index (χ0n) is 17.9. The maximum atomic E-state index is 13.0. The number of Topliss-reactive ketones (excluding diaryl/α,β-unsaturated/α-hetero) is 1. The fourth-order valence-electron chi connectivity index (χ4n) is 6.44. The number of likely N-dealkylation sites (tertiary alicyclic amines) is 1. The smallest absolute Gasteiger partial charge is 0.309 e. The fourth-order valence-corrected chi connectivity index (χ4v) is 6.44. The molecule has 3 saturated carbocycles. The van der Waals surface area contributed by atoms with Crippen LogP contribution in [0.2, 0.25) is 0 Å². The first-order valence-electron chi connectivity index (χ1n) is 11.6. The molecule has 0 spiro atoms. The van der Waals surface area contributed by atoms with Crippen LogP contribution in [0.25, 0.3) is 0 Å². The number of rotatable bonds is 5. The molecule has 6 heteroatoms. The molecule has 4 aliphatic rings. The fraction of sp³-hybridized carbons (Fsp3) is 0.600. The van der Waals surface area contributed by atoms with E-state index in [-0.39, 0.29) is 54.0 Å². The van der Waals surface area contributed by atoms with Crippen LogP contribution in [0.15, 0.2) is 24.3 Å². The number of ketones is 1. The SMILES string of the molecule is Cc1ccc(C(=O)COC(=O)C2CCC(N3C(=O)[C@@H]4[C@H]5CC[C@@H](C5)[C@@H]4C3=O)CC2)cc1. The summed E-state index contributed by atoms with van der Waals surface area (Å²) in [4.78, 5) is 52.3. The summed E-state index contributed by atoms with van der Waals surface area (Å²) in [5.41, 5.74) is 1.60. The normalized spacial score (nSPS) is 34.2. The lowest BCUT2D eigenvalue weighted by molar-refractivity contribution is -0.149. The number of nitrogens with zero attached hydrogens (tertiary/aromatic N) is 1. The van der Waals surface area contributed by atoms with E-state index in [0.29, 0.717) is 43.1 Å².